The molecule has 0 saturated heterocycles. The number of carboxylic acids is 1. The lowest BCUT2D eigenvalue weighted by Gasteiger charge is -2.16. The molecule has 0 aliphatic heterocycles. The lowest BCUT2D eigenvalue weighted by molar-refractivity contribution is -0.144. The Balaban J connectivity index is 4.01. The normalized spacial score (nSPS) is 13.7. The van der Waals surface area contributed by atoms with Crippen molar-refractivity contribution in [1.82, 2.24) is 10.6 Å². The topological polar surface area (TPSA) is 116 Å². The Hall–Kier alpha value is -1.63. The van der Waals surface area contributed by atoms with E-state index in [0.29, 0.717) is 0 Å². The van der Waals surface area contributed by atoms with Crippen molar-refractivity contribution in [3.8, 4) is 0 Å². The Morgan fingerprint density at radius 2 is 1.88 bits per heavy atom. The Morgan fingerprint density at radius 1 is 1.31 bits per heavy atom. The number of carbonyl (C=O) groups excluding carboxylic acids is 2. The molecular formula is C9H16N2O5. The third-order valence-corrected chi connectivity index (χ3v) is 1.79. The van der Waals surface area contributed by atoms with Gasteiger partial charge >= 0.3 is 5.97 Å². The molecule has 2 amide bonds. The summed E-state index contributed by atoms with van der Waals surface area (Å²) in [6.45, 7) is 2.72. The molecule has 0 unspecified atom stereocenters. The Labute approximate surface area is 92.8 Å². The number of amides is 2. The van der Waals surface area contributed by atoms with Crippen LogP contribution in [0.1, 0.15) is 20.3 Å². The van der Waals surface area contributed by atoms with Crippen molar-refractivity contribution in [2.75, 3.05) is 6.54 Å². The maximum absolute atomic E-state index is 11.2. The van der Waals surface area contributed by atoms with Gasteiger partial charge in [-0.2, -0.15) is 0 Å². The van der Waals surface area contributed by atoms with Gasteiger partial charge in [-0.3, -0.25) is 9.59 Å². The van der Waals surface area contributed by atoms with Gasteiger partial charge in [0.2, 0.25) is 11.8 Å². The van der Waals surface area contributed by atoms with E-state index < -0.39 is 24.0 Å². The Bertz CT molecular complexity index is 277. The fourth-order valence-electron chi connectivity index (χ4n) is 0.986. The van der Waals surface area contributed by atoms with Gasteiger partial charge in [0, 0.05) is 19.9 Å². The molecule has 0 heterocycles. The van der Waals surface area contributed by atoms with Crippen LogP contribution in [0.15, 0.2) is 0 Å². The Kier molecular flexibility index (Phi) is 6.09. The van der Waals surface area contributed by atoms with Gasteiger partial charge in [0.05, 0.1) is 6.10 Å². The summed E-state index contributed by atoms with van der Waals surface area (Å²) in [4.78, 5) is 32.3. The minimum absolute atomic E-state index is 0.0317. The zero-order valence-electron chi connectivity index (χ0n) is 9.19. The van der Waals surface area contributed by atoms with Crippen LogP contribution in [-0.4, -0.2) is 46.7 Å². The molecule has 0 fully saturated rings. The molecule has 16 heavy (non-hydrogen) atoms. The van der Waals surface area contributed by atoms with Crippen molar-refractivity contribution in [2.45, 2.75) is 32.4 Å². The average Bonchev–Trinajstić information content (AvgIpc) is 2.12. The van der Waals surface area contributed by atoms with Gasteiger partial charge in [-0.15, -0.1) is 0 Å². The number of aliphatic hydroxyl groups excluding tert-OH is 1. The van der Waals surface area contributed by atoms with Crippen molar-refractivity contribution in [2.24, 2.45) is 0 Å². The van der Waals surface area contributed by atoms with Crippen LogP contribution in [0.3, 0.4) is 0 Å². The number of carbonyl (C=O) groups is 3. The maximum Gasteiger partial charge on any atom is 0.328 e. The smallest absolute Gasteiger partial charge is 0.328 e. The molecule has 4 N–H and O–H groups in total. The second-order valence-corrected chi connectivity index (χ2v) is 3.36. The highest BCUT2D eigenvalue weighted by molar-refractivity contribution is 5.84. The molecule has 0 aromatic rings. The summed E-state index contributed by atoms with van der Waals surface area (Å²) in [5, 5.41) is 22.3. The molecule has 0 aliphatic rings. The summed E-state index contributed by atoms with van der Waals surface area (Å²) in [7, 11) is 0. The number of aliphatic carboxylic acids is 1. The summed E-state index contributed by atoms with van der Waals surface area (Å²) >= 11 is 0. The molecule has 0 aliphatic carbocycles. The van der Waals surface area contributed by atoms with Crippen molar-refractivity contribution in [1.29, 1.82) is 0 Å². The molecule has 0 spiro atoms. The fourth-order valence-corrected chi connectivity index (χ4v) is 0.986. The number of aliphatic hydroxyl groups is 1. The number of hydrogen-bond acceptors (Lipinski definition) is 4. The first-order valence-corrected chi connectivity index (χ1v) is 4.79. The summed E-state index contributed by atoms with van der Waals surface area (Å²) in [5.41, 5.74) is 0. The quantitative estimate of drug-likeness (QED) is 0.443. The fraction of sp³-hybridized carbons (Fsp3) is 0.667. The van der Waals surface area contributed by atoms with Crippen LogP contribution in [0.2, 0.25) is 0 Å². The van der Waals surface area contributed by atoms with Crippen LogP contribution in [0.25, 0.3) is 0 Å². The van der Waals surface area contributed by atoms with E-state index in [2.05, 4.69) is 10.6 Å². The summed E-state index contributed by atoms with van der Waals surface area (Å²) in [6, 6.07) is -1.33. The molecular weight excluding hydrogens is 216 g/mol. The van der Waals surface area contributed by atoms with Crippen molar-refractivity contribution >= 4 is 17.8 Å². The Morgan fingerprint density at radius 3 is 2.25 bits per heavy atom. The van der Waals surface area contributed by atoms with E-state index in [1.54, 1.807) is 0 Å². The van der Waals surface area contributed by atoms with Gasteiger partial charge in [0.15, 0.2) is 6.04 Å². The molecule has 7 nitrogen and oxygen atoms in total. The second kappa shape index (κ2) is 6.78. The van der Waals surface area contributed by atoms with Crippen LogP contribution in [-0.2, 0) is 14.4 Å². The van der Waals surface area contributed by atoms with Gasteiger partial charge < -0.3 is 20.8 Å². The minimum Gasteiger partial charge on any atom is -0.480 e. The van der Waals surface area contributed by atoms with E-state index >= 15 is 0 Å². The molecule has 0 saturated carbocycles. The van der Waals surface area contributed by atoms with Crippen LogP contribution < -0.4 is 10.6 Å². The van der Waals surface area contributed by atoms with Gasteiger partial charge in [-0.1, -0.05) is 0 Å². The zero-order valence-corrected chi connectivity index (χ0v) is 9.19. The van der Waals surface area contributed by atoms with Gasteiger partial charge in [-0.05, 0) is 6.92 Å². The summed E-state index contributed by atoms with van der Waals surface area (Å²) in [5.74, 6) is -2.11. The highest BCUT2D eigenvalue weighted by Gasteiger charge is 2.24. The standard InChI is InChI=1S/C9H16N2O5/c1-5(12)8(9(15)16)11-7(14)3-4-10-6(2)13/h5,8,12H,3-4H2,1-2H3,(H,10,13)(H,11,14)(H,15,16)/t5-,8+/m1/s1. The van der Waals surface area contributed by atoms with E-state index in [4.69, 9.17) is 10.2 Å². The van der Waals surface area contributed by atoms with Gasteiger partial charge in [-0.25, -0.2) is 4.79 Å². The minimum atomic E-state index is -1.33. The third-order valence-electron chi connectivity index (χ3n) is 1.79. The lowest BCUT2D eigenvalue weighted by Crippen LogP contribution is -2.48. The number of hydrogen-bond donors (Lipinski definition) is 4. The third kappa shape index (κ3) is 5.97. The molecule has 2 atom stereocenters. The molecule has 0 aromatic heterocycles. The molecule has 0 radical (unpaired) electrons. The van der Waals surface area contributed by atoms with Crippen LogP contribution >= 0.6 is 0 Å². The van der Waals surface area contributed by atoms with Crippen molar-refractivity contribution in [3.05, 3.63) is 0 Å². The number of carboxylic acid groups (broad SMARTS) is 1. The monoisotopic (exact) mass is 232 g/mol. The molecule has 0 aromatic carbocycles. The van der Waals surface area contributed by atoms with Crippen LogP contribution in [0, 0.1) is 0 Å². The van der Waals surface area contributed by atoms with E-state index in [1.807, 2.05) is 0 Å². The van der Waals surface area contributed by atoms with Crippen LogP contribution in [0.4, 0.5) is 0 Å². The van der Waals surface area contributed by atoms with Gasteiger partial charge in [0.1, 0.15) is 0 Å². The summed E-state index contributed by atoms with van der Waals surface area (Å²) in [6.07, 6.45) is -1.21. The number of rotatable bonds is 6. The van der Waals surface area contributed by atoms with E-state index in [1.165, 1.54) is 13.8 Å². The summed E-state index contributed by atoms with van der Waals surface area (Å²) < 4.78 is 0. The SMILES string of the molecule is CC(=O)NCCC(=O)N[C@H](C(=O)O)[C@@H](C)O. The largest absolute Gasteiger partial charge is 0.480 e. The zero-order chi connectivity index (χ0) is 12.7. The van der Waals surface area contributed by atoms with Crippen molar-refractivity contribution < 1.29 is 24.6 Å². The highest BCUT2D eigenvalue weighted by Crippen LogP contribution is 1.93. The van der Waals surface area contributed by atoms with Crippen molar-refractivity contribution in [3.63, 3.8) is 0 Å². The first kappa shape index (κ1) is 14.4. The molecule has 0 rings (SSSR count). The lowest BCUT2D eigenvalue weighted by atomic mass is 10.2. The molecule has 7 heteroatoms. The predicted octanol–water partition coefficient (Wildman–Crippen LogP) is -1.54. The maximum atomic E-state index is 11.2. The first-order chi connectivity index (χ1) is 7.34. The van der Waals surface area contributed by atoms with E-state index in [-0.39, 0.29) is 18.9 Å². The van der Waals surface area contributed by atoms with Gasteiger partial charge in [0.25, 0.3) is 0 Å². The molecule has 0 bridgehead atoms. The van der Waals surface area contributed by atoms with E-state index in [9.17, 15) is 14.4 Å². The average molecular weight is 232 g/mol. The van der Waals surface area contributed by atoms with E-state index in [0.717, 1.165) is 0 Å². The molecule has 92 valence electrons. The predicted molar refractivity (Wildman–Crippen MR) is 54.5 cm³/mol. The first-order valence-electron chi connectivity index (χ1n) is 4.79. The number of nitrogens with one attached hydrogen (secondary N) is 2. The van der Waals surface area contributed by atoms with Crippen LogP contribution in [0.5, 0.6) is 0 Å². The second-order valence-electron chi connectivity index (χ2n) is 3.36. The highest BCUT2D eigenvalue weighted by atomic mass is 16.4.